The predicted molar refractivity (Wildman–Crippen MR) is 77.0 cm³/mol. The number of thioether (sulfide) groups is 1. The number of aromatic nitrogens is 4. The van der Waals surface area contributed by atoms with Crippen molar-refractivity contribution in [3.8, 4) is 0 Å². The second-order valence-corrected chi connectivity index (χ2v) is 4.86. The van der Waals surface area contributed by atoms with E-state index in [2.05, 4.69) is 33.5 Å². The Balaban J connectivity index is 2.09. The average molecular weight is 271 g/mol. The van der Waals surface area contributed by atoms with Crippen molar-refractivity contribution in [1.82, 2.24) is 19.6 Å². The fraction of sp³-hybridized carbons (Fsp3) is 0.154. The lowest BCUT2D eigenvalue weighted by atomic mass is 10.2. The second kappa shape index (κ2) is 4.89. The summed E-state index contributed by atoms with van der Waals surface area (Å²) in [6, 6.07) is 9.92. The van der Waals surface area contributed by atoms with Gasteiger partial charge in [0.25, 0.3) is 0 Å². The molecule has 0 atom stereocenters. The van der Waals surface area contributed by atoms with E-state index < -0.39 is 0 Å². The molecule has 5 nitrogen and oxygen atoms in total. The number of nitrogens with zero attached hydrogens (tertiary/aromatic N) is 4. The Bertz CT molecular complexity index is 722. The standard InChI is InChI=1S/C13H13N5S/c1-9-5-3-4-6-10(9)15-12-17-16-11-7-8-14-13(19-2)18(11)12/h3-8H,1-2H3,(H,15,17). The van der Waals surface area contributed by atoms with Gasteiger partial charge in [-0.2, -0.15) is 0 Å². The molecule has 1 aromatic carbocycles. The molecule has 2 aromatic heterocycles. The van der Waals surface area contributed by atoms with Crippen molar-refractivity contribution in [3.05, 3.63) is 42.1 Å². The van der Waals surface area contributed by atoms with Gasteiger partial charge in [-0.1, -0.05) is 30.0 Å². The SMILES string of the molecule is CSc1nccc2nnc(Nc3ccccc3C)n12. The number of nitrogens with one attached hydrogen (secondary N) is 1. The first-order valence-corrected chi connectivity index (χ1v) is 7.09. The fourth-order valence-corrected chi connectivity index (χ4v) is 2.41. The number of rotatable bonds is 3. The lowest BCUT2D eigenvalue weighted by molar-refractivity contribution is 0.906. The Hall–Kier alpha value is -2.08. The van der Waals surface area contributed by atoms with Crippen molar-refractivity contribution < 1.29 is 0 Å². The number of benzene rings is 1. The van der Waals surface area contributed by atoms with Crippen LogP contribution >= 0.6 is 11.8 Å². The summed E-state index contributed by atoms with van der Waals surface area (Å²) in [4.78, 5) is 4.33. The number of aryl methyl sites for hydroxylation is 1. The van der Waals surface area contributed by atoms with E-state index in [1.165, 1.54) is 0 Å². The summed E-state index contributed by atoms with van der Waals surface area (Å²) < 4.78 is 1.91. The summed E-state index contributed by atoms with van der Waals surface area (Å²) in [5.74, 6) is 0.682. The third-order valence-electron chi connectivity index (χ3n) is 2.86. The Morgan fingerprint density at radius 1 is 1.16 bits per heavy atom. The topological polar surface area (TPSA) is 55.1 Å². The van der Waals surface area contributed by atoms with Crippen LogP contribution in [-0.2, 0) is 0 Å². The maximum Gasteiger partial charge on any atom is 0.235 e. The molecule has 96 valence electrons. The molecule has 0 aliphatic carbocycles. The van der Waals surface area contributed by atoms with Crippen LogP contribution in [0.1, 0.15) is 5.56 Å². The van der Waals surface area contributed by atoms with Crippen LogP contribution in [0, 0.1) is 6.92 Å². The van der Waals surface area contributed by atoms with Gasteiger partial charge in [0, 0.05) is 18.0 Å². The van der Waals surface area contributed by atoms with E-state index in [4.69, 9.17) is 0 Å². The molecule has 0 aliphatic heterocycles. The molecule has 0 unspecified atom stereocenters. The minimum atomic E-state index is 0.682. The summed E-state index contributed by atoms with van der Waals surface area (Å²) in [7, 11) is 0. The molecule has 3 aromatic rings. The highest BCUT2D eigenvalue weighted by Crippen LogP contribution is 2.22. The van der Waals surface area contributed by atoms with E-state index in [0.717, 1.165) is 22.1 Å². The van der Waals surface area contributed by atoms with Gasteiger partial charge in [-0.15, -0.1) is 10.2 Å². The van der Waals surface area contributed by atoms with Crippen molar-refractivity contribution in [1.29, 1.82) is 0 Å². The molecular weight excluding hydrogens is 258 g/mol. The van der Waals surface area contributed by atoms with Crippen LogP contribution in [0.5, 0.6) is 0 Å². The maximum absolute atomic E-state index is 4.33. The molecule has 0 amide bonds. The molecule has 0 spiro atoms. The van der Waals surface area contributed by atoms with Gasteiger partial charge in [0.05, 0.1) is 0 Å². The number of fused-ring (bicyclic) bond motifs is 1. The Morgan fingerprint density at radius 2 is 2.00 bits per heavy atom. The molecule has 1 N–H and O–H groups in total. The molecule has 0 saturated carbocycles. The van der Waals surface area contributed by atoms with Crippen molar-refractivity contribution in [2.45, 2.75) is 12.1 Å². The molecule has 3 rings (SSSR count). The molecule has 0 radical (unpaired) electrons. The van der Waals surface area contributed by atoms with E-state index in [9.17, 15) is 0 Å². The molecule has 0 saturated heterocycles. The highest BCUT2D eigenvalue weighted by atomic mass is 32.2. The Morgan fingerprint density at radius 3 is 2.79 bits per heavy atom. The van der Waals surface area contributed by atoms with Gasteiger partial charge in [-0.3, -0.25) is 0 Å². The number of hydrogen-bond acceptors (Lipinski definition) is 5. The highest BCUT2D eigenvalue weighted by Gasteiger charge is 2.10. The number of hydrogen-bond donors (Lipinski definition) is 1. The van der Waals surface area contributed by atoms with Gasteiger partial charge < -0.3 is 5.32 Å². The lowest BCUT2D eigenvalue weighted by Gasteiger charge is -2.08. The summed E-state index contributed by atoms with van der Waals surface area (Å²) in [5, 5.41) is 12.5. The fourth-order valence-electron chi connectivity index (χ4n) is 1.88. The first-order valence-electron chi connectivity index (χ1n) is 5.86. The smallest absolute Gasteiger partial charge is 0.235 e. The van der Waals surface area contributed by atoms with Gasteiger partial charge in [0.1, 0.15) is 0 Å². The van der Waals surface area contributed by atoms with Crippen LogP contribution in [0.3, 0.4) is 0 Å². The van der Waals surface area contributed by atoms with Crippen LogP contribution < -0.4 is 5.32 Å². The summed E-state index contributed by atoms with van der Waals surface area (Å²) in [5.41, 5.74) is 2.97. The molecule has 2 heterocycles. The maximum atomic E-state index is 4.33. The molecule has 0 fully saturated rings. The van der Waals surface area contributed by atoms with Gasteiger partial charge in [0.2, 0.25) is 5.95 Å². The molecule has 19 heavy (non-hydrogen) atoms. The second-order valence-electron chi connectivity index (χ2n) is 4.09. The zero-order valence-electron chi connectivity index (χ0n) is 10.7. The summed E-state index contributed by atoms with van der Waals surface area (Å²) in [6.07, 6.45) is 3.73. The van der Waals surface area contributed by atoms with Crippen molar-refractivity contribution >= 4 is 29.0 Å². The van der Waals surface area contributed by atoms with Crippen LogP contribution in [0.2, 0.25) is 0 Å². The predicted octanol–water partition coefficient (Wildman–Crippen LogP) is 2.90. The Kier molecular flexibility index (Phi) is 3.08. The zero-order chi connectivity index (χ0) is 13.2. The lowest BCUT2D eigenvalue weighted by Crippen LogP contribution is -2.01. The van der Waals surface area contributed by atoms with E-state index in [0.29, 0.717) is 5.95 Å². The highest BCUT2D eigenvalue weighted by molar-refractivity contribution is 7.98. The van der Waals surface area contributed by atoms with Gasteiger partial charge in [0.15, 0.2) is 10.8 Å². The van der Waals surface area contributed by atoms with Gasteiger partial charge in [-0.25, -0.2) is 9.38 Å². The average Bonchev–Trinajstić information content (AvgIpc) is 2.85. The molecule has 0 bridgehead atoms. The van der Waals surface area contributed by atoms with Crippen molar-refractivity contribution in [2.24, 2.45) is 0 Å². The normalized spacial score (nSPS) is 10.8. The van der Waals surface area contributed by atoms with Crippen LogP contribution in [0.25, 0.3) is 5.65 Å². The van der Waals surface area contributed by atoms with Gasteiger partial charge >= 0.3 is 0 Å². The molecule has 6 heteroatoms. The van der Waals surface area contributed by atoms with Crippen LogP contribution in [0.15, 0.2) is 41.7 Å². The summed E-state index contributed by atoms with van der Waals surface area (Å²) in [6.45, 7) is 2.05. The number of anilines is 2. The first-order chi connectivity index (χ1) is 9.29. The number of para-hydroxylation sites is 1. The summed E-state index contributed by atoms with van der Waals surface area (Å²) >= 11 is 1.56. The van der Waals surface area contributed by atoms with E-state index in [1.54, 1.807) is 18.0 Å². The third-order valence-corrected chi connectivity index (χ3v) is 3.52. The zero-order valence-corrected chi connectivity index (χ0v) is 11.5. The van der Waals surface area contributed by atoms with E-state index >= 15 is 0 Å². The largest absolute Gasteiger partial charge is 0.324 e. The van der Waals surface area contributed by atoms with Gasteiger partial charge in [-0.05, 0) is 24.8 Å². The Labute approximate surface area is 115 Å². The quantitative estimate of drug-likeness (QED) is 0.586. The van der Waals surface area contributed by atoms with Crippen molar-refractivity contribution in [3.63, 3.8) is 0 Å². The molecule has 0 aliphatic rings. The third kappa shape index (κ3) is 2.15. The minimum absolute atomic E-state index is 0.682. The first kappa shape index (κ1) is 12.0. The molecular formula is C13H13N5S. The van der Waals surface area contributed by atoms with E-state index in [-0.39, 0.29) is 0 Å². The minimum Gasteiger partial charge on any atom is -0.324 e. The van der Waals surface area contributed by atoms with Crippen LogP contribution in [-0.4, -0.2) is 25.8 Å². The van der Waals surface area contributed by atoms with Crippen LogP contribution in [0.4, 0.5) is 11.6 Å². The monoisotopic (exact) mass is 271 g/mol. The van der Waals surface area contributed by atoms with E-state index in [1.807, 2.05) is 34.9 Å². The van der Waals surface area contributed by atoms with Crippen molar-refractivity contribution in [2.75, 3.05) is 11.6 Å².